The Balaban J connectivity index is 2.71. The SMILES string of the molecule is CCCCCOc1cccc(Cl)c1C(N)=S. The zero-order valence-electron chi connectivity index (χ0n) is 9.33. The van der Waals surface area contributed by atoms with Crippen LogP contribution in [0.1, 0.15) is 31.7 Å². The summed E-state index contributed by atoms with van der Waals surface area (Å²) in [6.45, 7) is 2.82. The Morgan fingerprint density at radius 3 is 2.81 bits per heavy atom. The number of hydrogen-bond donors (Lipinski definition) is 1. The Labute approximate surface area is 107 Å². The molecular formula is C12H16ClNOS. The molecule has 2 N–H and O–H groups in total. The molecule has 0 aliphatic rings. The molecule has 88 valence electrons. The smallest absolute Gasteiger partial charge is 0.130 e. The zero-order chi connectivity index (χ0) is 12.0. The second-order valence-electron chi connectivity index (χ2n) is 3.53. The first kappa shape index (κ1) is 13.3. The van der Waals surface area contributed by atoms with Crippen molar-refractivity contribution in [1.29, 1.82) is 0 Å². The van der Waals surface area contributed by atoms with E-state index in [-0.39, 0.29) is 4.99 Å². The minimum atomic E-state index is 0.274. The van der Waals surface area contributed by atoms with Gasteiger partial charge in [-0.3, -0.25) is 0 Å². The lowest BCUT2D eigenvalue weighted by Gasteiger charge is -2.11. The Bertz CT molecular complexity index is 368. The quantitative estimate of drug-likeness (QED) is 0.625. The minimum Gasteiger partial charge on any atom is -0.493 e. The molecule has 0 aliphatic heterocycles. The zero-order valence-corrected chi connectivity index (χ0v) is 10.9. The molecule has 0 aromatic heterocycles. The Morgan fingerprint density at radius 2 is 2.19 bits per heavy atom. The van der Waals surface area contributed by atoms with Crippen LogP contribution in [-0.4, -0.2) is 11.6 Å². The third kappa shape index (κ3) is 3.65. The van der Waals surface area contributed by atoms with Crippen LogP contribution in [0.15, 0.2) is 18.2 Å². The number of benzene rings is 1. The predicted octanol–water partition coefficient (Wildman–Crippen LogP) is 3.54. The second-order valence-corrected chi connectivity index (χ2v) is 4.38. The summed E-state index contributed by atoms with van der Waals surface area (Å²) in [5, 5.41) is 0.542. The largest absolute Gasteiger partial charge is 0.493 e. The van der Waals surface area contributed by atoms with Crippen molar-refractivity contribution >= 4 is 28.8 Å². The third-order valence-electron chi connectivity index (χ3n) is 2.23. The van der Waals surface area contributed by atoms with E-state index in [1.54, 1.807) is 6.07 Å². The van der Waals surface area contributed by atoms with Crippen molar-refractivity contribution in [3.8, 4) is 5.75 Å². The van der Waals surface area contributed by atoms with Gasteiger partial charge < -0.3 is 10.5 Å². The lowest BCUT2D eigenvalue weighted by atomic mass is 10.2. The number of thiocarbonyl (C=S) groups is 1. The lowest BCUT2D eigenvalue weighted by Crippen LogP contribution is -2.12. The van der Waals surface area contributed by atoms with Gasteiger partial charge in [0.25, 0.3) is 0 Å². The van der Waals surface area contributed by atoms with Gasteiger partial charge in [0.05, 0.1) is 17.2 Å². The summed E-state index contributed by atoms with van der Waals surface area (Å²) in [4.78, 5) is 0.274. The standard InChI is InChI=1S/C12H16ClNOS/c1-2-3-4-8-15-10-7-5-6-9(13)11(10)12(14)16/h5-7H,2-4,8H2,1H3,(H2,14,16). The fourth-order valence-electron chi connectivity index (χ4n) is 1.40. The van der Waals surface area contributed by atoms with Crippen molar-refractivity contribution in [1.82, 2.24) is 0 Å². The molecule has 1 aromatic rings. The maximum Gasteiger partial charge on any atom is 0.130 e. The van der Waals surface area contributed by atoms with Crippen molar-refractivity contribution in [3.05, 3.63) is 28.8 Å². The molecular weight excluding hydrogens is 242 g/mol. The van der Waals surface area contributed by atoms with Gasteiger partial charge in [0.2, 0.25) is 0 Å². The Hall–Kier alpha value is -0.800. The van der Waals surface area contributed by atoms with Crippen molar-refractivity contribution in [2.75, 3.05) is 6.61 Å². The highest BCUT2D eigenvalue weighted by Crippen LogP contribution is 2.26. The first-order valence-electron chi connectivity index (χ1n) is 5.38. The number of unbranched alkanes of at least 4 members (excludes halogenated alkanes) is 2. The summed E-state index contributed by atoms with van der Waals surface area (Å²) in [5.41, 5.74) is 6.25. The van der Waals surface area contributed by atoms with E-state index in [9.17, 15) is 0 Å². The molecule has 2 nitrogen and oxygen atoms in total. The van der Waals surface area contributed by atoms with Crippen LogP contribution in [0.3, 0.4) is 0 Å². The highest BCUT2D eigenvalue weighted by Gasteiger charge is 2.10. The summed E-state index contributed by atoms with van der Waals surface area (Å²) in [6.07, 6.45) is 3.35. The molecule has 0 radical (unpaired) electrons. The highest BCUT2D eigenvalue weighted by molar-refractivity contribution is 7.80. The summed E-state index contributed by atoms with van der Waals surface area (Å²) in [7, 11) is 0. The number of halogens is 1. The van der Waals surface area contributed by atoms with Crippen molar-refractivity contribution in [3.63, 3.8) is 0 Å². The molecule has 1 rings (SSSR count). The van der Waals surface area contributed by atoms with Crippen LogP contribution >= 0.6 is 23.8 Å². The molecule has 0 saturated carbocycles. The maximum atomic E-state index is 6.02. The molecule has 0 heterocycles. The topological polar surface area (TPSA) is 35.2 Å². The normalized spacial score (nSPS) is 10.1. The van der Waals surface area contributed by atoms with Crippen LogP contribution in [0.5, 0.6) is 5.75 Å². The van der Waals surface area contributed by atoms with Crippen LogP contribution < -0.4 is 10.5 Å². The van der Waals surface area contributed by atoms with Crippen molar-refractivity contribution in [2.24, 2.45) is 5.73 Å². The second kappa shape index (κ2) is 6.71. The molecule has 0 saturated heterocycles. The van der Waals surface area contributed by atoms with Crippen LogP contribution in [0.4, 0.5) is 0 Å². The Kier molecular flexibility index (Phi) is 5.56. The molecule has 0 bridgehead atoms. The molecule has 16 heavy (non-hydrogen) atoms. The van der Waals surface area contributed by atoms with Gasteiger partial charge in [-0.25, -0.2) is 0 Å². The van der Waals surface area contributed by atoms with E-state index in [0.29, 0.717) is 22.9 Å². The maximum absolute atomic E-state index is 6.02. The van der Waals surface area contributed by atoms with Crippen LogP contribution in [0, 0.1) is 0 Å². The number of nitrogens with two attached hydrogens (primary N) is 1. The first-order valence-corrected chi connectivity index (χ1v) is 6.16. The molecule has 0 fully saturated rings. The average Bonchev–Trinajstić information content (AvgIpc) is 2.24. The van der Waals surface area contributed by atoms with Gasteiger partial charge in [0.1, 0.15) is 10.7 Å². The molecule has 0 unspecified atom stereocenters. The van der Waals surface area contributed by atoms with Gasteiger partial charge in [0, 0.05) is 0 Å². The van der Waals surface area contributed by atoms with Crippen molar-refractivity contribution < 1.29 is 4.74 Å². The molecule has 4 heteroatoms. The summed E-state index contributed by atoms with van der Waals surface area (Å²) in [6, 6.07) is 5.43. The van der Waals surface area contributed by atoms with E-state index < -0.39 is 0 Å². The molecule has 0 atom stereocenters. The van der Waals surface area contributed by atoms with Gasteiger partial charge in [0.15, 0.2) is 0 Å². The van der Waals surface area contributed by atoms with E-state index in [4.69, 9.17) is 34.3 Å². The van der Waals surface area contributed by atoms with E-state index in [0.717, 1.165) is 12.8 Å². The van der Waals surface area contributed by atoms with E-state index in [1.165, 1.54) is 6.42 Å². The first-order chi connectivity index (χ1) is 7.66. The van der Waals surface area contributed by atoms with Gasteiger partial charge in [-0.2, -0.15) is 0 Å². The number of ether oxygens (including phenoxy) is 1. The van der Waals surface area contributed by atoms with Crippen LogP contribution in [0.25, 0.3) is 0 Å². The molecule has 0 aliphatic carbocycles. The summed E-state index contributed by atoms with van der Waals surface area (Å²) >= 11 is 11.0. The number of hydrogen-bond acceptors (Lipinski definition) is 2. The summed E-state index contributed by atoms with van der Waals surface area (Å²) < 4.78 is 5.63. The molecule has 0 spiro atoms. The average molecular weight is 258 g/mol. The van der Waals surface area contributed by atoms with Crippen LogP contribution in [0.2, 0.25) is 5.02 Å². The van der Waals surface area contributed by atoms with Crippen LogP contribution in [-0.2, 0) is 0 Å². The number of rotatable bonds is 6. The fraction of sp³-hybridized carbons (Fsp3) is 0.417. The third-order valence-corrected chi connectivity index (χ3v) is 2.75. The monoisotopic (exact) mass is 257 g/mol. The van der Waals surface area contributed by atoms with E-state index in [1.807, 2.05) is 12.1 Å². The molecule has 0 amide bonds. The highest BCUT2D eigenvalue weighted by atomic mass is 35.5. The van der Waals surface area contributed by atoms with E-state index >= 15 is 0 Å². The predicted molar refractivity (Wildman–Crippen MR) is 72.4 cm³/mol. The van der Waals surface area contributed by atoms with Crippen molar-refractivity contribution in [2.45, 2.75) is 26.2 Å². The Morgan fingerprint density at radius 1 is 1.44 bits per heavy atom. The fourth-order valence-corrected chi connectivity index (χ4v) is 1.93. The molecule has 1 aromatic carbocycles. The summed E-state index contributed by atoms with van der Waals surface area (Å²) in [5.74, 6) is 0.677. The van der Waals surface area contributed by atoms with Gasteiger partial charge in [-0.15, -0.1) is 0 Å². The van der Waals surface area contributed by atoms with E-state index in [2.05, 4.69) is 6.92 Å². The van der Waals surface area contributed by atoms with Gasteiger partial charge in [-0.05, 0) is 18.6 Å². The lowest BCUT2D eigenvalue weighted by molar-refractivity contribution is 0.306. The van der Waals surface area contributed by atoms with Gasteiger partial charge >= 0.3 is 0 Å². The van der Waals surface area contributed by atoms with Gasteiger partial charge in [-0.1, -0.05) is 49.7 Å². The minimum absolute atomic E-state index is 0.274.